The van der Waals surface area contributed by atoms with E-state index in [0.29, 0.717) is 0 Å². The zero-order valence-corrected chi connectivity index (χ0v) is 10.0. The summed E-state index contributed by atoms with van der Waals surface area (Å²) >= 11 is 0. The number of nitro benzene ring substituents is 1. The van der Waals surface area contributed by atoms with Crippen molar-refractivity contribution < 1.29 is 14.5 Å². The molecule has 1 aliphatic rings. The van der Waals surface area contributed by atoms with Crippen LogP contribution < -0.4 is 0 Å². The van der Waals surface area contributed by atoms with Gasteiger partial charge in [-0.3, -0.25) is 14.9 Å². The van der Waals surface area contributed by atoms with E-state index < -0.39 is 4.92 Å². The van der Waals surface area contributed by atoms with Crippen LogP contribution in [0.3, 0.4) is 0 Å². The lowest BCUT2D eigenvalue weighted by atomic mass is 10.1. The molecule has 1 fully saturated rings. The normalized spacial score (nSPS) is 15.6. The Kier molecular flexibility index (Phi) is 3.92. The molecule has 0 spiro atoms. The molecule has 0 aromatic heterocycles. The Labute approximate surface area is 105 Å². The van der Waals surface area contributed by atoms with Crippen molar-refractivity contribution in [1.82, 2.24) is 0 Å². The molecule has 0 radical (unpaired) electrons. The number of carbonyl (C=O) groups is 1. The average Bonchev–Trinajstić information content (AvgIpc) is 2.82. The first-order valence-electron chi connectivity index (χ1n) is 6.08. The van der Waals surface area contributed by atoms with Crippen LogP contribution in [0.2, 0.25) is 0 Å². The summed E-state index contributed by atoms with van der Waals surface area (Å²) in [5.74, 6) is -0.254. The molecule has 1 aromatic rings. The van der Waals surface area contributed by atoms with E-state index >= 15 is 0 Å². The summed E-state index contributed by atoms with van der Waals surface area (Å²) in [5, 5.41) is 10.5. The fourth-order valence-corrected chi connectivity index (χ4v) is 2.14. The number of hydrogen-bond acceptors (Lipinski definition) is 4. The van der Waals surface area contributed by atoms with Crippen molar-refractivity contribution in [3.8, 4) is 0 Å². The van der Waals surface area contributed by atoms with Crippen molar-refractivity contribution in [2.45, 2.75) is 38.2 Å². The Balaban J connectivity index is 1.88. The number of rotatable bonds is 4. The summed E-state index contributed by atoms with van der Waals surface area (Å²) in [7, 11) is 0. The van der Waals surface area contributed by atoms with Crippen LogP contribution in [0.15, 0.2) is 24.3 Å². The van der Waals surface area contributed by atoms with E-state index in [1.54, 1.807) is 12.1 Å². The third kappa shape index (κ3) is 3.29. The molecule has 96 valence electrons. The fraction of sp³-hybridized carbons (Fsp3) is 0.462. The second-order valence-electron chi connectivity index (χ2n) is 4.50. The highest BCUT2D eigenvalue weighted by atomic mass is 16.6. The lowest BCUT2D eigenvalue weighted by Gasteiger charge is -2.10. The summed E-state index contributed by atoms with van der Waals surface area (Å²) in [5.41, 5.74) is 0.770. The highest BCUT2D eigenvalue weighted by molar-refractivity contribution is 5.72. The number of benzene rings is 1. The molecule has 0 unspecified atom stereocenters. The zero-order valence-electron chi connectivity index (χ0n) is 10.0. The van der Waals surface area contributed by atoms with Gasteiger partial charge in [-0.25, -0.2) is 0 Å². The maximum absolute atomic E-state index is 11.6. The van der Waals surface area contributed by atoms with E-state index in [-0.39, 0.29) is 24.2 Å². The van der Waals surface area contributed by atoms with E-state index in [0.717, 1.165) is 31.2 Å². The molecule has 0 N–H and O–H groups in total. The number of nitrogens with zero attached hydrogens (tertiary/aromatic N) is 1. The van der Waals surface area contributed by atoms with Crippen molar-refractivity contribution in [2.24, 2.45) is 0 Å². The number of carbonyl (C=O) groups excluding carboxylic acids is 1. The Morgan fingerprint density at radius 3 is 2.44 bits per heavy atom. The predicted octanol–water partition coefficient (Wildman–Crippen LogP) is 2.62. The lowest BCUT2D eigenvalue weighted by Crippen LogP contribution is -2.16. The van der Waals surface area contributed by atoms with Crippen molar-refractivity contribution >= 4 is 11.7 Å². The summed E-state index contributed by atoms with van der Waals surface area (Å²) in [6.07, 6.45) is 4.38. The van der Waals surface area contributed by atoms with Gasteiger partial charge in [0.15, 0.2) is 0 Å². The van der Waals surface area contributed by atoms with E-state index in [4.69, 9.17) is 4.74 Å². The molecule has 1 saturated carbocycles. The van der Waals surface area contributed by atoms with Gasteiger partial charge in [-0.1, -0.05) is 12.1 Å². The standard InChI is InChI=1S/C13H15NO4/c15-13(18-12-3-1-2-4-12)9-10-5-7-11(8-6-10)14(16)17/h5-8,12H,1-4,9H2. The molecule has 0 aliphatic heterocycles. The summed E-state index contributed by atoms with van der Waals surface area (Å²) in [4.78, 5) is 21.7. The average molecular weight is 249 g/mol. The number of hydrogen-bond donors (Lipinski definition) is 0. The second kappa shape index (κ2) is 5.62. The Bertz CT molecular complexity index is 435. The maximum atomic E-state index is 11.6. The summed E-state index contributed by atoms with van der Waals surface area (Å²) < 4.78 is 5.32. The molecule has 0 bridgehead atoms. The predicted molar refractivity (Wildman–Crippen MR) is 65.1 cm³/mol. The van der Waals surface area contributed by atoms with E-state index in [1.165, 1.54) is 12.1 Å². The van der Waals surface area contributed by atoms with Crippen LogP contribution in [0.4, 0.5) is 5.69 Å². The Hall–Kier alpha value is -1.91. The van der Waals surface area contributed by atoms with Gasteiger partial charge in [0.25, 0.3) is 5.69 Å². The number of esters is 1. The van der Waals surface area contributed by atoms with Crippen LogP contribution >= 0.6 is 0 Å². The zero-order chi connectivity index (χ0) is 13.0. The van der Waals surface area contributed by atoms with Crippen LogP contribution in [0.5, 0.6) is 0 Å². The number of non-ortho nitro benzene ring substituents is 1. The van der Waals surface area contributed by atoms with Gasteiger partial charge in [0.05, 0.1) is 11.3 Å². The third-order valence-electron chi connectivity index (χ3n) is 3.10. The minimum Gasteiger partial charge on any atom is -0.462 e. The topological polar surface area (TPSA) is 69.4 Å². The molecule has 0 atom stereocenters. The third-order valence-corrected chi connectivity index (χ3v) is 3.10. The van der Waals surface area contributed by atoms with Gasteiger partial charge in [0, 0.05) is 12.1 Å². The van der Waals surface area contributed by atoms with E-state index in [9.17, 15) is 14.9 Å². The molecule has 0 heterocycles. The highest BCUT2D eigenvalue weighted by Gasteiger charge is 2.19. The highest BCUT2D eigenvalue weighted by Crippen LogP contribution is 2.21. The van der Waals surface area contributed by atoms with Crippen molar-refractivity contribution in [2.75, 3.05) is 0 Å². The van der Waals surface area contributed by atoms with Gasteiger partial charge in [0.1, 0.15) is 6.10 Å². The van der Waals surface area contributed by atoms with Gasteiger partial charge in [-0.05, 0) is 31.2 Å². The number of nitro groups is 1. The molecule has 2 rings (SSSR count). The van der Waals surface area contributed by atoms with Crippen LogP contribution in [-0.2, 0) is 16.0 Å². The Morgan fingerprint density at radius 2 is 1.89 bits per heavy atom. The quantitative estimate of drug-likeness (QED) is 0.467. The van der Waals surface area contributed by atoms with E-state index in [1.807, 2.05) is 0 Å². The SMILES string of the molecule is O=C(Cc1ccc([N+](=O)[O-])cc1)OC1CCCC1. The molecular weight excluding hydrogens is 234 g/mol. The van der Waals surface area contributed by atoms with Gasteiger partial charge >= 0.3 is 5.97 Å². The molecule has 1 aliphatic carbocycles. The van der Waals surface area contributed by atoms with E-state index in [2.05, 4.69) is 0 Å². The molecule has 18 heavy (non-hydrogen) atoms. The van der Waals surface area contributed by atoms with Crippen molar-refractivity contribution in [1.29, 1.82) is 0 Å². The first kappa shape index (κ1) is 12.5. The van der Waals surface area contributed by atoms with Crippen LogP contribution in [0.1, 0.15) is 31.2 Å². The van der Waals surface area contributed by atoms with Crippen LogP contribution in [0, 0.1) is 10.1 Å². The fourth-order valence-electron chi connectivity index (χ4n) is 2.14. The van der Waals surface area contributed by atoms with Crippen molar-refractivity contribution in [3.63, 3.8) is 0 Å². The minimum absolute atomic E-state index is 0.0305. The molecular formula is C13H15NO4. The molecule has 5 nitrogen and oxygen atoms in total. The lowest BCUT2D eigenvalue weighted by molar-refractivity contribution is -0.384. The molecule has 0 saturated heterocycles. The maximum Gasteiger partial charge on any atom is 0.310 e. The summed E-state index contributed by atoms with van der Waals surface area (Å²) in [6, 6.07) is 5.98. The summed E-state index contributed by atoms with van der Waals surface area (Å²) in [6.45, 7) is 0. The Morgan fingerprint density at radius 1 is 1.28 bits per heavy atom. The smallest absolute Gasteiger partial charge is 0.310 e. The largest absolute Gasteiger partial charge is 0.462 e. The first-order chi connectivity index (χ1) is 8.65. The minimum atomic E-state index is -0.458. The van der Waals surface area contributed by atoms with Crippen molar-refractivity contribution in [3.05, 3.63) is 39.9 Å². The first-order valence-corrected chi connectivity index (χ1v) is 6.08. The van der Waals surface area contributed by atoms with Crippen LogP contribution in [-0.4, -0.2) is 17.0 Å². The molecule has 5 heteroatoms. The van der Waals surface area contributed by atoms with Crippen LogP contribution in [0.25, 0.3) is 0 Å². The second-order valence-corrected chi connectivity index (χ2v) is 4.50. The van der Waals surface area contributed by atoms with Gasteiger partial charge < -0.3 is 4.74 Å². The monoisotopic (exact) mass is 249 g/mol. The molecule has 1 aromatic carbocycles. The van der Waals surface area contributed by atoms with Gasteiger partial charge in [-0.2, -0.15) is 0 Å². The van der Waals surface area contributed by atoms with Gasteiger partial charge in [-0.15, -0.1) is 0 Å². The van der Waals surface area contributed by atoms with Gasteiger partial charge in [0.2, 0.25) is 0 Å². The number of ether oxygens (including phenoxy) is 1. The molecule has 0 amide bonds.